The Morgan fingerprint density at radius 3 is 2.67 bits per heavy atom. The molecule has 0 spiro atoms. The molecular formula is C7H13N5. The van der Waals surface area contributed by atoms with E-state index in [-0.39, 0.29) is 0 Å². The van der Waals surface area contributed by atoms with Crippen molar-refractivity contribution in [1.82, 2.24) is 15.2 Å². The number of rotatable bonds is 2. The molecule has 5 nitrogen and oxygen atoms in total. The molecule has 0 saturated carbocycles. The maximum absolute atomic E-state index is 4.03. The second-order valence-electron chi connectivity index (χ2n) is 2.94. The van der Waals surface area contributed by atoms with E-state index in [1.54, 1.807) is 0 Å². The highest BCUT2D eigenvalue weighted by Gasteiger charge is 2.15. The number of hydrogen-bond acceptors (Lipinski definition) is 4. The highest BCUT2D eigenvalue weighted by molar-refractivity contribution is 5.36. The molecule has 0 aromatic carbocycles. The number of aromatic nitrogens is 3. The van der Waals surface area contributed by atoms with E-state index in [1.165, 1.54) is 12.8 Å². The fourth-order valence-corrected chi connectivity index (χ4v) is 1.44. The van der Waals surface area contributed by atoms with Crippen molar-refractivity contribution in [3.63, 3.8) is 0 Å². The predicted octanol–water partition coefficient (Wildman–Crippen LogP) is 0.447. The average molecular weight is 167 g/mol. The smallest absolute Gasteiger partial charge is 0.226 e. The van der Waals surface area contributed by atoms with Crippen molar-refractivity contribution in [1.29, 1.82) is 0 Å². The Hall–Kier alpha value is -1.26. The van der Waals surface area contributed by atoms with E-state index >= 15 is 0 Å². The van der Waals surface area contributed by atoms with Crippen LogP contribution >= 0.6 is 0 Å². The molecule has 0 bridgehead atoms. The van der Waals surface area contributed by atoms with E-state index in [1.807, 2.05) is 7.05 Å². The summed E-state index contributed by atoms with van der Waals surface area (Å²) in [5.74, 6) is 1.62. The summed E-state index contributed by atoms with van der Waals surface area (Å²) in [5.41, 5.74) is 0. The molecule has 0 amide bonds. The lowest BCUT2D eigenvalue weighted by Gasteiger charge is -2.11. The molecule has 0 radical (unpaired) electrons. The third kappa shape index (κ3) is 1.22. The minimum absolute atomic E-state index is 0.733. The summed E-state index contributed by atoms with van der Waals surface area (Å²) >= 11 is 0. The summed E-state index contributed by atoms with van der Waals surface area (Å²) in [6, 6.07) is 0. The fraction of sp³-hybridized carbons (Fsp3) is 0.714. The molecule has 2 heterocycles. The molecule has 0 aliphatic carbocycles. The van der Waals surface area contributed by atoms with E-state index in [0.717, 1.165) is 25.0 Å². The second kappa shape index (κ2) is 3.00. The standard InChI is InChI=1S/C7H13N5/c1-8-6-9-7(11-10-6)12-4-2-3-5-12/h2-5H2,1H3,(H2,8,9,10,11). The van der Waals surface area contributed by atoms with Gasteiger partial charge in [0.2, 0.25) is 11.9 Å². The summed E-state index contributed by atoms with van der Waals surface area (Å²) < 4.78 is 0. The second-order valence-corrected chi connectivity index (χ2v) is 2.94. The van der Waals surface area contributed by atoms with Crippen molar-refractivity contribution < 1.29 is 0 Å². The molecule has 1 fully saturated rings. The van der Waals surface area contributed by atoms with Crippen LogP contribution in [0.1, 0.15) is 12.8 Å². The molecule has 5 heteroatoms. The van der Waals surface area contributed by atoms with E-state index in [0.29, 0.717) is 0 Å². The zero-order valence-electron chi connectivity index (χ0n) is 7.17. The highest BCUT2D eigenvalue weighted by atomic mass is 15.4. The van der Waals surface area contributed by atoms with Crippen molar-refractivity contribution in [2.75, 3.05) is 30.4 Å². The van der Waals surface area contributed by atoms with Gasteiger partial charge in [0.05, 0.1) is 0 Å². The van der Waals surface area contributed by atoms with Crippen LogP contribution in [0, 0.1) is 0 Å². The monoisotopic (exact) mass is 167 g/mol. The van der Waals surface area contributed by atoms with Gasteiger partial charge in [-0.3, -0.25) is 4.98 Å². The third-order valence-corrected chi connectivity index (χ3v) is 2.12. The first-order chi connectivity index (χ1) is 5.90. The van der Waals surface area contributed by atoms with Crippen LogP contribution in [0.2, 0.25) is 0 Å². The Morgan fingerprint density at radius 2 is 2.08 bits per heavy atom. The SMILES string of the molecule is CNc1nnc(N2CCCC2)[nH]1. The highest BCUT2D eigenvalue weighted by Crippen LogP contribution is 2.15. The lowest BCUT2D eigenvalue weighted by molar-refractivity contribution is 0.903. The van der Waals surface area contributed by atoms with Crippen LogP contribution < -0.4 is 10.2 Å². The van der Waals surface area contributed by atoms with Crippen LogP contribution in [0.25, 0.3) is 0 Å². The largest absolute Gasteiger partial charge is 0.358 e. The number of anilines is 2. The van der Waals surface area contributed by atoms with Gasteiger partial charge in [0.15, 0.2) is 0 Å². The maximum atomic E-state index is 4.03. The lowest BCUT2D eigenvalue weighted by atomic mass is 10.4. The molecule has 0 atom stereocenters. The number of hydrogen-bond donors (Lipinski definition) is 2. The first kappa shape index (κ1) is 7.39. The van der Waals surface area contributed by atoms with Gasteiger partial charge >= 0.3 is 0 Å². The number of nitrogens with one attached hydrogen (secondary N) is 2. The molecule has 0 unspecified atom stereocenters. The zero-order chi connectivity index (χ0) is 8.39. The van der Waals surface area contributed by atoms with Gasteiger partial charge in [-0.25, -0.2) is 0 Å². The van der Waals surface area contributed by atoms with Gasteiger partial charge in [0.25, 0.3) is 0 Å². The average Bonchev–Trinajstić information content (AvgIpc) is 2.75. The van der Waals surface area contributed by atoms with Crippen molar-refractivity contribution in [2.24, 2.45) is 0 Å². The number of nitrogens with zero attached hydrogens (tertiary/aromatic N) is 3. The first-order valence-electron chi connectivity index (χ1n) is 4.25. The van der Waals surface area contributed by atoms with Crippen LogP contribution in [0.3, 0.4) is 0 Å². The van der Waals surface area contributed by atoms with Gasteiger partial charge in [0.1, 0.15) is 0 Å². The Morgan fingerprint density at radius 1 is 1.33 bits per heavy atom. The fourth-order valence-electron chi connectivity index (χ4n) is 1.44. The summed E-state index contributed by atoms with van der Waals surface area (Å²) in [6.07, 6.45) is 2.52. The van der Waals surface area contributed by atoms with E-state index in [2.05, 4.69) is 25.4 Å². The van der Waals surface area contributed by atoms with Crippen molar-refractivity contribution >= 4 is 11.9 Å². The molecule has 1 aromatic rings. The van der Waals surface area contributed by atoms with E-state index in [4.69, 9.17) is 0 Å². The van der Waals surface area contributed by atoms with Gasteiger partial charge in [-0.2, -0.15) is 0 Å². The first-order valence-corrected chi connectivity index (χ1v) is 4.25. The summed E-state index contributed by atoms with van der Waals surface area (Å²) in [5, 5.41) is 10.9. The zero-order valence-corrected chi connectivity index (χ0v) is 7.17. The van der Waals surface area contributed by atoms with Gasteiger partial charge in [-0.1, -0.05) is 0 Å². The Balaban J connectivity index is 2.11. The molecule has 66 valence electrons. The Labute approximate surface area is 71.2 Å². The van der Waals surface area contributed by atoms with Gasteiger partial charge in [0, 0.05) is 20.1 Å². The molecule has 1 aromatic heterocycles. The number of H-pyrrole nitrogens is 1. The summed E-state index contributed by atoms with van der Waals surface area (Å²) in [4.78, 5) is 5.31. The van der Waals surface area contributed by atoms with Gasteiger partial charge in [-0.15, -0.1) is 10.2 Å². The van der Waals surface area contributed by atoms with Crippen LogP contribution in [-0.4, -0.2) is 35.3 Å². The van der Waals surface area contributed by atoms with E-state index in [9.17, 15) is 0 Å². The topological polar surface area (TPSA) is 56.8 Å². The summed E-state index contributed by atoms with van der Waals surface area (Å²) in [7, 11) is 1.83. The minimum atomic E-state index is 0.733. The Bertz CT molecular complexity index is 250. The number of aromatic amines is 1. The van der Waals surface area contributed by atoms with Crippen LogP contribution in [0.4, 0.5) is 11.9 Å². The minimum Gasteiger partial charge on any atom is -0.358 e. The molecule has 12 heavy (non-hydrogen) atoms. The molecular weight excluding hydrogens is 154 g/mol. The van der Waals surface area contributed by atoms with Crippen molar-refractivity contribution in [2.45, 2.75) is 12.8 Å². The molecule has 1 aliphatic heterocycles. The van der Waals surface area contributed by atoms with E-state index < -0.39 is 0 Å². The summed E-state index contributed by atoms with van der Waals surface area (Å²) in [6.45, 7) is 2.19. The quantitative estimate of drug-likeness (QED) is 0.671. The molecule has 2 rings (SSSR count). The van der Waals surface area contributed by atoms with Crippen LogP contribution in [-0.2, 0) is 0 Å². The Kier molecular flexibility index (Phi) is 1.85. The van der Waals surface area contributed by atoms with Crippen molar-refractivity contribution in [3.8, 4) is 0 Å². The molecule has 2 N–H and O–H groups in total. The lowest BCUT2D eigenvalue weighted by Crippen LogP contribution is -2.18. The molecule has 1 aliphatic rings. The van der Waals surface area contributed by atoms with Crippen LogP contribution in [0.5, 0.6) is 0 Å². The predicted molar refractivity (Wildman–Crippen MR) is 47.4 cm³/mol. The van der Waals surface area contributed by atoms with Crippen LogP contribution in [0.15, 0.2) is 0 Å². The van der Waals surface area contributed by atoms with Gasteiger partial charge in [-0.05, 0) is 12.8 Å². The van der Waals surface area contributed by atoms with Crippen molar-refractivity contribution in [3.05, 3.63) is 0 Å². The maximum Gasteiger partial charge on any atom is 0.226 e. The third-order valence-electron chi connectivity index (χ3n) is 2.12. The van der Waals surface area contributed by atoms with Gasteiger partial charge < -0.3 is 10.2 Å². The normalized spacial score (nSPS) is 16.9. The molecule has 1 saturated heterocycles.